The highest BCUT2D eigenvalue weighted by Gasteiger charge is 1.99. The fraction of sp³-hybridized carbons (Fsp3) is 0.278. The molecule has 0 aliphatic heterocycles. The van der Waals surface area contributed by atoms with E-state index in [-0.39, 0.29) is 6.42 Å². The van der Waals surface area contributed by atoms with E-state index in [1.807, 2.05) is 30.3 Å². The molecule has 0 spiro atoms. The van der Waals surface area contributed by atoms with E-state index >= 15 is 0 Å². The third-order valence-corrected chi connectivity index (χ3v) is 3.27. The minimum Gasteiger partial charge on any atom is -0.494 e. The quantitative estimate of drug-likeness (QED) is 0.732. The van der Waals surface area contributed by atoms with Gasteiger partial charge in [0.05, 0.1) is 6.61 Å². The highest BCUT2D eigenvalue weighted by Crippen LogP contribution is 2.22. The van der Waals surface area contributed by atoms with Crippen LogP contribution in [0.15, 0.2) is 54.6 Å². The molecule has 0 amide bonds. The number of unbranched alkanes of at least 4 members (excludes halogenated alkanes) is 2. The van der Waals surface area contributed by atoms with Gasteiger partial charge in [0, 0.05) is 6.42 Å². The summed E-state index contributed by atoms with van der Waals surface area (Å²) in [6.45, 7) is 0.629. The summed E-state index contributed by atoms with van der Waals surface area (Å²) < 4.78 is 5.66. The second kappa shape index (κ2) is 8.10. The fourth-order valence-corrected chi connectivity index (χ4v) is 2.12. The molecule has 0 unspecified atom stereocenters. The smallest absolute Gasteiger partial charge is 0.303 e. The molecule has 0 fully saturated rings. The topological polar surface area (TPSA) is 46.5 Å². The molecule has 0 aromatic heterocycles. The molecule has 2 aromatic rings. The largest absolute Gasteiger partial charge is 0.494 e. The minimum atomic E-state index is -0.729. The van der Waals surface area contributed by atoms with E-state index in [1.165, 1.54) is 11.1 Å². The third kappa shape index (κ3) is 5.30. The monoisotopic (exact) mass is 284 g/mol. The molecule has 3 heteroatoms. The zero-order valence-corrected chi connectivity index (χ0v) is 12.0. The Morgan fingerprint density at radius 1 is 0.857 bits per heavy atom. The standard InChI is InChI=1S/C18H20O3/c19-18(20)9-5-2-6-14-21-17-12-10-16(11-13-17)15-7-3-1-4-8-15/h1,3-4,7-8,10-13H,2,5-6,9,14H2,(H,19,20). The SMILES string of the molecule is O=C(O)CCCCCOc1ccc(-c2ccccc2)cc1. The number of carbonyl (C=O) groups is 1. The molecule has 3 nitrogen and oxygen atoms in total. The van der Waals surface area contributed by atoms with Crippen molar-refractivity contribution in [1.29, 1.82) is 0 Å². The lowest BCUT2D eigenvalue weighted by molar-refractivity contribution is -0.137. The molecule has 1 N–H and O–H groups in total. The van der Waals surface area contributed by atoms with Crippen LogP contribution < -0.4 is 4.74 Å². The van der Waals surface area contributed by atoms with Crippen LogP contribution in [0.4, 0.5) is 0 Å². The van der Waals surface area contributed by atoms with E-state index in [1.54, 1.807) is 0 Å². The Morgan fingerprint density at radius 2 is 1.52 bits per heavy atom. The molecule has 0 saturated carbocycles. The lowest BCUT2D eigenvalue weighted by Crippen LogP contribution is -1.99. The number of hydrogen-bond donors (Lipinski definition) is 1. The first-order chi connectivity index (χ1) is 10.3. The van der Waals surface area contributed by atoms with Gasteiger partial charge in [0.15, 0.2) is 0 Å². The maximum atomic E-state index is 10.4. The predicted octanol–water partition coefficient (Wildman–Crippen LogP) is 4.38. The van der Waals surface area contributed by atoms with E-state index in [9.17, 15) is 4.79 Å². The summed E-state index contributed by atoms with van der Waals surface area (Å²) in [4.78, 5) is 10.4. The highest BCUT2D eigenvalue weighted by atomic mass is 16.5. The van der Waals surface area contributed by atoms with E-state index in [0.717, 1.165) is 18.6 Å². The average molecular weight is 284 g/mol. The Kier molecular flexibility index (Phi) is 5.83. The number of benzene rings is 2. The zero-order valence-electron chi connectivity index (χ0n) is 12.0. The van der Waals surface area contributed by atoms with Gasteiger partial charge < -0.3 is 9.84 Å². The molecule has 2 aromatic carbocycles. The van der Waals surface area contributed by atoms with Crippen LogP contribution in [0.2, 0.25) is 0 Å². The third-order valence-electron chi connectivity index (χ3n) is 3.27. The first kappa shape index (κ1) is 15.1. The summed E-state index contributed by atoms with van der Waals surface area (Å²) in [6.07, 6.45) is 2.72. The summed E-state index contributed by atoms with van der Waals surface area (Å²) in [6, 6.07) is 18.3. The molecule has 0 bridgehead atoms. The highest BCUT2D eigenvalue weighted by molar-refractivity contribution is 5.66. The zero-order chi connectivity index (χ0) is 14.9. The first-order valence-electron chi connectivity index (χ1n) is 7.26. The van der Waals surface area contributed by atoms with Gasteiger partial charge in [-0.2, -0.15) is 0 Å². The van der Waals surface area contributed by atoms with Crippen LogP contribution in [-0.4, -0.2) is 17.7 Å². The van der Waals surface area contributed by atoms with Gasteiger partial charge in [0.25, 0.3) is 0 Å². The summed E-state index contributed by atoms with van der Waals surface area (Å²) in [7, 11) is 0. The Labute approximate surface area is 125 Å². The van der Waals surface area contributed by atoms with E-state index in [0.29, 0.717) is 13.0 Å². The fourth-order valence-electron chi connectivity index (χ4n) is 2.12. The van der Waals surface area contributed by atoms with Crippen molar-refractivity contribution >= 4 is 5.97 Å². The van der Waals surface area contributed by atoms with Crippen LogP contribution in [-0.2, 0) is 4.79 Å². The molecule has 2 rings (SSSR count). The Bertz CT molecular complexity index is 546. The van der Waals surface area contributed by atoms with Gasteiger partial charge in [-0.25, -0.2) is 0 Å². The van der Waals surface area contributed by atoms with Crippen molar-refractivity contribution in [1.82, 2.24) is 0 Å². The summed E-state index contributed by atoms with van der Waals surface area (Å²) in [5.74, 6) is 0.125. The van der Waals surface area contributed by atoms with Crippen molar-refractivity contribution in [2.75, 3.05) is 6.61 Å². The lowest BCUT2D eigenvalue weighted by Gasteiger charge is -2.07. The molecule has 0 heterocycles. The van der Waals surface area contributed by atoms with E-state index < -0.39 is 5.97 Å². The number of carboxylic acid groups (broad SMARTS) is 1. The second-order valence-corrected chi connectivity index (χ2v) is 4.94. The van der Waals surface area contributed by atoms with Gasteiger partial charge in [0.2, 0.25) is 0 Å². The number of rotatable bonds is 8. The first-order valence-corrected chi connectivity index (χ1v) is 7.26. The van der Waals surface area contributed by atoms with Crippen LogP contribution in [0, 0.1) is 0 Å². The Morgan fingerprint density at radius 3 is 2.19 bits per heavy atom. The number of ether oxygens (including phenoxy) is 1. The van der Waals surface area contributed by atoms with Gasteiger partial charge >= 0.3 is 5.97 Å². The van der Waals surface area contributed by atoms with Crippen molar-refractivity contribution in [2.24, 2.45) is 0 Å². The van der Waals surface area contributed by atoms with Crippen LogP contribution in [0.25, 0.3) is 11.1 Å². The minimum absolute atomic E-state index is 0.242. The summed E-state index contributed by atoms with van der Waals surface area (Å²) in [5, 5.41) is 8.54. The van der Waals surface area contributed by atoms with Crippen LogP contribution >= 0.6 is 0 Å². The molecular weight excluding hydrogens is 264 g/mol. The van der Waals surface area contributed by atoms with Gasteiger partial charge in [-0.15, -0.1) is 0 Å². The number of carboxylic acids is 1. The molecule has 0 aliphatic carbocycles. The predicted molar refractivity (Wildman–Crippen MR) is 83.5 cm³/mol. The van der Waals surface area contributed by atoms with Gasteiger partial charge in [-0.05, 0) is 42.5 Å². The van der Waals surface area contributed by atoms with Crippen LogP contribution in [0.1, 0.15) is 25.7 Å². The molecule has 21 heavy (non-hydrogen) atoms. The van der Waals surface area contributed by atoms with Crippen molar-refractivity contribution in [3.05, 3.63) is 54.6 Å². The van der Waals surface area contributed by atoms with Crippen molar-refractivity contribution in [3.8, 4) is 16.9 Å². The van der Waals surface area contributed by atoms with Crippen molar-refractivity contribution < 1.29 is 14.6 Å². The van der Waals surface area contributed by atoms with Crippen LogP contribution in [0.3, 0.4) is 0 Å². The Hall–Kier alpha value is -2.29. The van der Waals surface area contributed by atoms with Gasteiger partial charge in [-0.3, -0.25) is 4.79 Å². The second-order valence-electron chi connectivity index (χ2n) is 4.94. The van der Waals surface area contributed by atoms with Crippen LogP contribution in [0.5, 0.6) is 5.75 Å². The Balaban J connectivity index is 1.74. The van der Waals surface area contributed by atoms with E-state index in [2.05, 4.69) is 24.3 Å². The maximum Gasteiger partial charge on any atom is 0.303 e. The van der Waals surface area contributed by atoms with Gasteiger partial charge in [0.1, 0.15) is 5.75 Å². The molecule has 0 aliphatic rings. The molecule has 110 valence electrons. The normalized spacial score (nSPS) is 10.3. The van der Waals surface area contributed by atoms with Crippen molar-refractivity contribution in [2.45, 2.75) is 25.7 Å². The summed E-state index contributed by atoms with van der Waals surface area (Å²) in [5.41, 5.74) is 2.36. The van der Waals surface area contributed by atoms with E-state index in [4.69, 9.17) is 9.84 Å². The molecule has 0 radical (unpaired) electrons. The lowest BCUT2D eigenvalue weighted by atomic mass is 10.1. The van der Waals surface area contributed by atoms with Gasteiger partial charge in [-0.1, -0.05) is 42.5 Å². The van der Waals surface area contributed by atoms with Crippen molar-refractivity contribution in [3.63, 3.8) is 0 Å². The maximum absolute atomic E-state index is 10.4. The molecular formula is C18H20O3. The number of hydrogen-bond acceptors (Lipinski definition) is 2. The molecule has 0 atom stereocenters. The molecule has 0 saturated heterocycles. The summed E-state index contributed by atoms with van der Waals surface area (Å²) >= 11 is 0. The average Bonchev–Trinajstić information content (AvgIpc) is 2.52. The number of aliphatic carboxylic acids is 1.